The molecule has 0 fully saturated rings. The van der Waals surface area contributed by atoms with Gasteiger partial charge in [-0.2, -0.15) is 0 Å². The third-order valence-electron chi connectivity index (χ3n) is 11.4. The number of hydrogen-bond acceptors (Lipinski definition) is 7. The summed E-state index contributed by atoms with van der Waals surface area (Å²) >= 11 is 0. The van der Waals surface area contributed by atoms with Crippen molar-refractivity contribution in [1.82, 2.24) is 4.90 Å². The Hall–Kier alpha value is -0.730. The van der Waals surface area contributed by atoms with Crippen molar-refractivity contribution in [2.75, 3.05) is 39.5 Å². The lowest BCUT2D eigenvalue weighted by Gasteiger charge is -2.24. The van der Waals surface area contributed by atoms with E-state index in [-0.39, 0.29) is 24.4 Å². The summed E-state index contributed by atoms with van der Waals surface area (Å²) in [7, 11) is 0. The van der Waals surface area contributed by atoms with Crippen molar-refractivity contribution < 1.29 is 29.6 Å². The monoisotopic (exact) mass is 770 g/mol. The zero-order valence-corrected chi connectivity index (χ0v) is 36.7. The second-order valence-electron chi connectivity index (χ2n) is 16.7. The van der Waals surface area contributed by atoms with Gasteiger partial charge in [0, 0.05) is 19.1 Å². The molecule has 4 unspecified atom stereocenters. The number of aliphatic hydroxyl groups is 3. The van der Waals surface area contributed by atoms with Gasteiger partial charge in [0.2, 0.25) is 0 Å². The van der Waals surface area contributed by atoms with E-state index in [0.717, 1.165) is 103 Å². The molecule has 0 aromatic rings. The normalized spacial score (nSPS) is 14.1. The van der Waals surface area contributed by atoms with Crippen molar-refractivity contribution in [2.45, 2.75) is 246 Å². The van der Waals surface area contributed by atoms with Crippen LogP contribution in [0.5, 0.6) is 0 Å². The van der Waals surface area contributed by atoms with Crippen LogP contribution < -0.4 is 0 Å². The van der Waals surface area contributed by atoms with E-state index in [1.54, 1.807) is 0 Å². The average molecular weight is 770 g/mol. The Morgan fingerprint density at radius 2 is 0.889 bits per heavy atom. The number of carbonyl (C=O) groups is 1. The molecule has 3 N–H and O–H groups in total. The van der Waals surface area contributed by atoms with Crippen molar-refractivity contribution >= 4 is 5.97 Å². The SMILES string of the molecule is CCCCCCCCC(CCCCCC)C(=O)OCCCCCCN(CCCCCCOC(O)C(CCCCCC)CCCCCCCC)CC(O)CO. The Labute approximate surface area is 336 Å². The molecule has 324 valence electrons. The zero-order valence-electron chi connectivity index (χ0n) is 36.7. The van der Waals surface area contributed by atoms with E-state index < -0.39 is 12.4 Å². The minimum Gasteiger partial charge on any atom is -0.465 e. The third kappa shape index (κ3) is 34.5. The fourth-order valence-electron chi connectivity index (χ4n) is 7.68. The van der Waals surface area contributed by atoms with Crippen LogP contribution in [0.25, 0.3) is 0 Å². The molecule has 0 aliphatic heterocycles. The number of esters is 1. The van der Waals surface area contributed by atoms with Gasteiger partial charge >= 0.3 is 5.97 Å². The Morgan fingerprint density at radius 3 is 1.37 bits per heavy atom. The highest BCUT2D eigenvalue weighted by Crippen LogP contribution is 2.24. The summed E-state index contributed by atoms with van der Waals surface area (Å²) in [4.78, 5) is 15.2. The Morgan fingerprint density at radius 1 is 0.500 bits per heavy atom. The quantitative estimate of drug-likeness (QED) is 0.0322. The van der Waals surface area contributed by atoms with E-state index in [1.807, 2.05) is 0 Å². The lowest BCUT2D eigenvalue weighted by atomic mass is 9.93. The molecule has 7 nitrogen and oxygen atoms in total. The number of aliphatic hydroxyl groups excluding tert-OH is 3. The predicted molar refractivity (Wildman–Crippen MR) is 230 cm³/mol. The van der Waals surface area contributed by atoms with Crippen molar-refractivity contribution in [3.8, 4) is 0 Å². The van der Waals surface area contributed by atoms with Gasteiger partial charge in [0.05, 0.1) is 25.2 Å². The van der Waals surface area contributed by atoms with Crippen LogP contribution in [0.2, 0.25) is 0 Å². The highest BCUT2D eigenvalue weighted by atomic mass is 16.6. The van der Waals surface area contributed by atoms with Gasteiger partial charge in [0.15, 0.2) is 6.29 Å². The Bertz CT molecular complexity index is 754. The van der Waals surface area contributed by atoms with Gasteiger partial charge in [0.25, 0.3) is 0 Å². The van der Waals surface area contributed by atoms with Crippen molar-refractivity contribution in [2.24, 2.45) is 11.8 Å². The molecule has 0 bridgehead atoms. The zero-order chi connectivity index (χ0) is 39.7. The summed E-state index contributed by atoms with van der Waals surface area (Å²) < 4.78 is 11.8. The molecule has 0 heterocycles. The van der Waals surface area contributed by atoms with Gasteiger partial charge in [-0.3, -0.25) is 4.79 Å². The standard InChI is InChI=1S/C47H95NO6/c1-5-9-13-17-19-27-35-43(33-25-15-11-7-3)46(51)53-39-31-23-21-29-37-48(41-45(50)42-49)38-30-22-24-32-40-54-47(52)44(34-26-16-12-8-4)36-28-20-18-14-10-6-2/h43-46,49-51H,5-42H2,1-4H3. The molecule has 0 aromatic heterocycles. The molecule has 0 aromatic carbocycles. The molecule has 0 amide bonds. The minimum absolute atomic E-state index is 0.0254. The van der Waals surface area contributed by atoms with Crippen LogP contribution in [-0.4, -0.2) is 78.0 Å². The van der Waals surface area contributed by atoms with Crippen molar-refractivity contribution in [1.29, 1.82) is 0 Å². The Balaban J connectivity index is 4.38. The molecular formula is C47H95NO6. The smallest absolute Gasteiger partial charge is 0.308 e. The third-order valence-corrected chi connectivity index (χ3v) is 11.4. The van der Waals surface area contributed by atoms with Gasteiger partial charge in [-0.15, -0.1) is 0 Å². The first-order valence-corrected chi connectivity index (χ1v) is 23.9. The van der Waals surface area contributed by atoms with Crippen molar-refractivity contribution in [3.05, 3.63) is 0 Å². The molecule has 0 radical (unpaired) electrons. The second-order valence-corrected chi connectivity index (χ2v) is 16.7. The van der Waals surface area contributed by atoms with Crippen LogP contribution >= 0.6 is 0 Å². The van der Waals surface area contributed by atoms with E-state index in [2.05, 4.69) is 32.6 Å². The molecular weight excluding hydrogens is 675 g/mol. The Kier molecular flexibility index (Phi) is 41.3. The summed E-state index contributed by atoms with van der Waals surface area (Å²) in [5, 5.41) is 30.5. The molecule has 0 rings (SSSR count). The molecule has 54 heavy (non-hydrogen) atoms. The van der Waals surface area contributed by atoms with Crippen LogP contribution in [0.1, 0.15) is 233 Å². The molecule has 0 aliphatic rings. The maximum Gasteiger partial charge on any atom is 0.308 e. The first-order chi connectivity index (χ1) is 26.4. The molecule has 4 atom stereocenters. The summed E-state index contributed by atoms with van der Waals surface area (Å²) in [5.41, 5.74) is 0. The van der Waals surface area contributed by atoms with Crippen molar-refractivity contribution in [3.63, 3.8) is 0 Å². The number of unbranched alkanes of at least 4 members (excludes halogenated alkanes) is 22. The number of hydrogen-bond donors (Lipinski definition) is 3. The first kappa shape index (κ1) is 53.3. The molecule has 0 saturated carbocycles. The lowest BCUT2D eigenvalue weighted by molar-refractivity contribution is -0.149. The van der Waals surface area contributed by atoms with E-state index in [4.69, 9.17) is 9.47 Å². The maximum atomic E-state index is 13.0. The van der Waals surface area contributed by atoms with Crippen LogP contribution in [0.4, 0.5) is 0 Å². The van der Waals surface area contributed by atoms with Crippen LogP contribution in [0.15, 0.2) is 0 Å². The highest BCUT2D eigenvalue weighted by Gasteiger charge is 2.20. The topological polar surface area (TPSA) is 99.5 Å². The fraction of sp³-hybridized carbons (Fsp3) is 0.979. The summed E-state index contributed by atoms with van der Waals surface area (Å²) in [6, 6.07) is 0. The van der Waals surface area contributed by atoms with Gasteiger partial charge < -0.3 is 29.7 Å². The highest BCUT2D eigenvalue weighted by molar-refractivity contribution is 5.72. The summed E-state index contributed by atoms with van der Waals surface area (Å²) in [6.07, 6.45) is 35.9. The second kappa shape index (κ2) is 41.9. The molecule has 0 aliphatic carbocycles. The number of nitrogens with zero attached hydrogens (tertiary/aromatic N) is 1. The lowest BCUT2D eigenvalue weighted by Crippen LogP contribution is -2.35. The van der Waals surface area contributed by atoms with Gasteiger partial charge in [-0.05, 0) is 64.5 Å². The molecule has 0 spiro atoms. The number of rotatable bonds is 44. The number of carbonyl (C=O) groups excluding carboxylic acids is 1. The van der Waals surface area contributed by atoms with Gasteiger partial charge in [0.1, 0.15) is 0 Å². The van der Waals surface area contributed by atoms with Crippen LogP contribution in [-0.2, 0) is 14.3 Å². The largest absolute Gasteiger partial charge is 0.465 e. The fourth-order valence-corrected chi connectivity index (χ4v) is 7.68. The average Bonchev–Trinajstić information content (AvgIpc) is 3.17. The summed E-state index contributed by atoms with van der Waals surface area (Å²) in [5.74, 6) is 0.347. The first-order valence-electron chi connectivity index (χ1n) is 23.9. The van der Waals surface area contributed by atoms with Crippen LogP contribution in [0, 0.1) is 11.8 Å². The maximum absolute atomic E-state index is 13.0. The molecule has 7 heteroatoms. The predicted octanol–water partition coefficient (Wildman–Crippen LogP) is 12.3. The van der Waals surface area contributed by atoms with Gasteiger partial charge in [-0.1, -0.05) is 182 Å². The molecule has 0 saturated heterocycles. The minimum atomic E-state index is -0.711. The number of ether oxygens (including phenoxy) is 2. The summed E-state index contributed by atoms with van der Waals surface area (Å²) in [6.45, 7) is 12.2. The van der Waals surface area contributed by atoms with E-state index in [1.165, 1.54) is 116 Å². The van der Waals surface area contributed by atoms with Crippen LogP contribution in [0.3, 0.4) is 0 Å². The van der Waals surface area contributed by atoms with Gasteiger partial charge in [-0.25, -0.2) is 0 Å². The van der Waals surface area contributed by atoms with E-state index in [0.29, 0.717) is 19.8 Å². The van der Waals surface area contributed by atoms with E-state index >= 15 is 0 Å². The van der Waals surface area contributed by atoms with E-state index in [9.17, 15) is 20.1 Å².